The molecule has 1 spiro atoms. The lowest BCUT2D eigenvalue weighted by atomic mass is 9.75. The van der Waals surface area contributed by atoms with Gasteiger partial charge < -0.3 is 9.84 Å². The fourth-order valence-corrected chi connectivity index (χ4v) is 7.78. The third-order valence-electron chi connectivity index (χ3n) is 9.98. The summed E-state index contributed by atoms with van der Waals surface area (Å²) in [5.74, 6) is 0.127. The van der Waals surface area contributed by atoms with Crippen LogP contribution in [0.3, 0.4) is 0 Å². The molecule has 2 fully saturated rings. The van der Waals surface area contributed by atoms with E-state index in [4.69, 9.17) is 4.74 Å². The van der Waals surface area contributed by atoms with Crippen molar-refractivity contribution in [3.05, 3.63) is 88.2 Å². The summed E-state index contributed by atoms with van der Waals surface area (Å²) in [6.45, 7) is 9.14. The first kappa shape index (κ1) is 25.2. The molecule has 0 saturated heterocycles. The summed E-state index contributed by atoms with van der Waals surface area (Å²) in [4.78, 5) is 11.8. The van der Waals surface area contributed by atoms with Crippen LogP contribution in [0.2, 0.25) is 0 Å². The van der Waals surface area contributed by atoms with Crippen LogP contribution in [0.4, 0.5) is 4.39 Å². The van der Waals surface area contributed by atoms with Crippen molar-refractivity contribution in [2.45, 2.75) is 77.7 Å². The first-order chi connectivity index (χ1) is 18.1. The van der Waals surface area contributed by atoms with Crippen LogP contribution in [0.15, 0.2) is 54.6 Å². The maximum atomic E-state index is 15.0. The summed E-state index contributed by atoms with van der Waals surface area (Å²) in [5, 5.41) is 9.73. The van der Waals surface area contributed by atoms with Crippen LogP contribution in [0, 0.1) is 30.0 Å². The number of fused-ring (bicyclic) bond motifs is 2. The third kappa shape index (κ3) is 3.95. The van der Waals surface area contributed by atoms with Gasteiger partial charge in [0.2, 0.25) is 0 Å². The van der Waals surface area contributed by atoms with Crippen LogP contribution in [-0.4, -0.2) is 11.1 Å². The lowest BCUT2D eigenvalue weighted by molar-refractivity contribution is -0.139. The number of carboxylic acids is 1. The van der Waals surface area contributed by atoms with E-state index in [2.05, 4.69) is 51.1 Å². The molecule has 0 bridgehead atoms. The molecule has 0 radical (unpaired) electrons. The monoisotopic (exact) mass is 512 g/mol. The zero-order valence-electron chi connectivity index (χ0n) is 22.8. The van der Waals surface area contributed by atoms with E-state index in [0.717, 1.165) is 47.3 Å². The number of rotatable bonds is 6. The number of hydrogen-bond donors (Lipinski definition) is 1. The molecule has 4 atom stereocenters. The van der Waals surface area contributed by atoms with Gasteiger partial charge in [0.1, 0.15) is 18.2 Å². The van der Waals surface area contributed by atoms with Crippen LogP contribution >= 0.6 is 0 Å². The normalized spacial score (nSPS) is 26.9. The molecule has 0 heterocycles. The molecule has 0 aromatic heterocycles. The predicted molar refractivity (Wildman–Crippen MR) is 148 cm³/mol. The van der Waals surface area contributed by atoms with Crippen molar-refractivity contribution in [2.24, 2.45) is 17.3 Å². The molecule has 3 aliphatic rings. The van der Waals surface area contributed by atoms with Crippen molar-refractivity contribution < 1.29 is 19.0 Å². The fraction of sp³-hybridized carbons (Fsp3) is 0.441. The van der Waals surface area contributed by atoms with Crippen molar-refractivity contribution in [3.63, 3.8) is 0 Å². The van der Waals surface area contributed by atoms with Crippen LogP contribution in [0.1, 0.15) is 80.2 Å². The van der Waals surface area contributed by atoms with E-state index in [-0.39, 0.29) is 28.5 Å². The minimum absolute atomic E-state index is 0.156. The summed E-state index contributed by atoms with van der Waals surface area (Å²) >= 11 is 0. The van der Waals surface area contributed by atoms with E-state index < -0.39 is 5.97 Å². The van der Waals surface area contributed by atoms with Crippen molar-refractivity contribution in [1.82, 2.24) is 0 Å². The van der Waals surface area contributed by atoms with Gasteiger partial charge in [0.05, 0.1) is 5.92 Å². The van der Waals surface area contributed by atoms with E-state index in [1.54, 1.807) is 6.07 Å². The Balaban J connectivity index is 1.30. The van der Waals surface area contributed by atoms with Gasteiger partial charge in [-0.1, -0.05) is 63.1 Å². The molecular formula is C34H37FO3. The number of halogens is 1. The summed E-state index contributed by atoms with van der Waals surface area (Å²) in [6, 6.07) is 17.9. The number of hydrogen-bond acceptors (Lipinski definition) is 2. The van der Waals surface area contributed by atoms with E-state index in [9.17, 15) is 9.90 Å². The molecule has 1 N–H and O–H groups in total. The predicted octanol–water partition coefficient (Wildman–Crippen LogP) is 8.21. The maximum Gasteiger partial charge on any atom is 0.307 e. The van der Waals surface area contributed by atoms with Crippen LogP contribution in [0.25, 0.3) is 11.1 Å². The van der Waals surface area contributed by atoms with E-state index in [1.807, 2.05) is 25.1 Å². The number of carbonyl (C=O) groups is 1. The molecule has 3 aliphatic carbocycles. The summed E-state index contributed by atoms with van der Waals surface area (Å²) in [6.07, 6.45) is 5.29. The van der Waals surface area contributed by atoms with Gasteiger partial charge in [-0.2, -0.15) is 0 Å². The van der Waals surface area contributed by atoms with E-state index in [1.165, 1.54) is 24.0 Å². The molecule has 2 saturated carbocycles. The van der Waals surface area contributed by atoms with Crippen molar-refractivity contribution in [1.29, 1.82) is 0 Å². The van der Waals surface area contributed by atoms with Gasteiger partial charge >= 0.3 is 5.97 Å². The largest absolute Gasteiger partial charge is 0.489 e. The molecule has 0 amide bonds. The van der Waals surface area contributed by atoms with E-state index >= 15 is 4.39 Å². The summed E-state index contributed by atoms with van der Waals surface area (Å²) in [7, 11) is 0. The molecule has 3 nitrogen and oxygen atoms in total. The molecule has 3 aromatic rings. The zero-order valence-corrected chi connectivity index (χ0v) is 22.8. The van der Waals surface area contributed by atoms with Gasteiger partial charge in [-0.25, -0.2) is 4.39 Å². The second kappa shape index (κ2) is 8.97. The number of ether oxygens (including phenoxy) is 1. The van der Waals surface area contributed by atoms with Crippen LogP contribution in [-0.2, 0) is 23.2 Å². The average Bonchev–Trinajstić information content (AvgIpc) is 3.11. The highest BCUT2D eigenvalue weighted by atomic mass is 19.1. The van der Waals surface area contributed by atoms with Crippen molar-refractivity contribution in [2.75, 3.05) is 0 Å². The highest BCUT2D eigenvalue weighted by Gasteiger charge is 2.68. The average molecular weight is 513 g/mol. The Kier molecular flexibility index (Phi) is 5.93. The number of aryl methyl sites for hydroxylation is 2. The van der Waals surface area contributed by atoms with Gasteiger partial charge in [-0.3, -0.25) is 4.79 Å². The quantitative estimate of drug-likeness (QED) is 0.362. The maximum absolute atomic E-state index is 15.0. The molecule has 6 rings (SSSR count). The molecule has 0 unspecified atom stereocenters. The molecule has 0 aliphatic heterocycles. The van der Waals surface area contributed by atoms with Crippen molar-refractivity contribution in [3.8, 4) is 16.9 Å². The van der Waals surface area contributed by atoms with Gasteiger partial charge in [-0.15, -0.1) is 0 Å². The first-order valence-electron chi connectivity index (χ1n) is 14.0. The minimum atomic E-state index is -0.691. The Morgan fingerprint density at radius 2 is 1.87 bits per heavy atom. The second-order valence-corrected chi connectivity index (χ2v) is 12.6. The summed E-state index contributed by atoms with van der Waals surface area (Å²) < 4.78 is 21.3. The highest BCUT2D eigenvalue weighted by Crippen LogP contribution is 2.66. The molecule has 198 valence electrons. The molecule has 4 heteroatoms. The van der Waals surface area contributed by atoms with Gasteiger partial charge in [-0.05, 0) is 102 Å². The van der Waals surface area contributed by atoms with Gasteiger partial charge in [0, 0.05) is 11.0 Å². The third-order valence-corrected chi connectivity index (χ3v) is 9.98. The van der Waals surface area contributed by atoms with E-state index in [0.29, 0.717) is 18.1 Å². The molecular weight excluding hydrogens is 475 g/mol. The topological polar surface area (TPSA) is 46.5 Å². The smallest absolute Gasteiger partial charge is 0.307 e. The number of benzene rings is 3. The van der Waals surface area contributed by atoms with Crippen molar-refractivity contribution >= 4 is 5.97 Å². The Labute approximate surface area is 225 Å². The lowest BCUT2D eigenvalue weighted by Crippen LogP contribution is -2.17. The van der Waals surface area contributed by atoms with Crippen LogP contribution < -0.4 is 4.74 Å². The minimum Gasteiger partial charge on any atom is -0.489 e. The van der Waals surface area contributed by atoms with Gasteiger partial charge in [0.25, 0.3) is 0 Å². The Hall–Kier alpha value is -3.14. The van der Waals surface area contributed by atoms with Gasteiger partial charge in [0.15, 0.2) is 0 Å². The number of aliphatic carboxylic acids is 1. The first-order valence-corrected chi connectivity index (χ1v) is 14.0. The standard InChI is InChI=1S/C34H37FO3/c1-20-7-12-30(35)27(16-20)25-11-8-22(17-26(25)28-6-5-14-33(28,3)4)19-38-24-10-9-23-13-15-34(29(23)18-24)21(2)31(34)32(36)37/h7-12,16-18,21,28,31H,5-6,13-15,19H2,1-4H3,(H,36,37)/t21-,28+,31-,34-/m1/s1. The van der Waals surface area contributed by atoms with Crippen LogP contribution in [0.5, 0.6) is 5.75 Å². The highest BCUT2D eigenvalue weighted by molar-refractivity contribution is 5.79. The SMILES string of the molecule is Cc1ccc(F)c(-c2ccc(COc3ccc4c(c3)[C@@]3(CC4)[C@H](C)[C@@H]3C(=O)O)cc2[C@@H]2CCCC2(C)C)c1. The molecule has 3 aromatic carbocycles. The second-order valence-electron chi connectivity index (χ2n) is 12.6. The Morgan fingerprint density at radius 1 is 1.05 bits per heavy atom. The summed E-state index contributed by atoms with van der Waals surface area (Å²) in [5.41, 5.74) is 7.32. The zero-order chi connectivity index (χ0) is 26.8. The Morgan fingerprint density at radius 3 is 2.58 bits per heavy atom. The fourth-order valence-electron chi connectivity index (χ4n) is 7.78. The Bertz CT molecular complexity index is 1420. The number of carboxylic acid groups (broad SMARTS) is 1. The lowest BCUT2D eigenvalue weighted by Gasteiger charge is -2.30. The molecule has 38 heavy (non-hydrogen) atoms.